The second kappa shape index (κ2) is 6.58. The molecule has 23 heavy (non-hydrogen) atoms. The normalized spacial score (nSPS) is 9.78. The van der Waals surface area contributed by atoms with Crippen LogP contribution in [0.25, 0.3) is 5.69 Å². The third kappa shape index (κ3) is 2.82. The van der Waals surface area contributed by atoms with Gasteiger partial charge >= 0.3 is 11.9 Å². The van der Waals surface area contributed by atoms with E-state index in [0.717, 1.165) is 25.0 Å². The summed E-state index contributed by atoms with van der Waals surface area (Å²) in [5.74, 6) is -1.81. The lowest BCUT2D eigenvalue weighted by Crippen LogP contribution is -2.28. The third-order valence-corrected chi connectivity index (χ3v) is 3.15. The van der Waals surface area contributed by atoms with Gasteiger partial charge in [-0.05, 0) is 12.1 Å². The summed E-state index contributed by atoms with van der Waals surface area (Å²) in [6, 6.07) is 10.1. The molecule has 0 saturated heterocycles. The van der Waals surface area contributed by atoms with E-state index in [2.05, 4.69) is 9.47 Å². The summed E-state index contributed by atoms with van der Waals surface area (Å²) in [6.45, 7) is 0. The average molecular weight is 312 g/mol. The van der Waals surface area contributed by atoms with Gasteiger partial charge in [0.15, 0.2) is 0 Å². The van der Waals surface area contributed by atoms with Crippen LogP contribution in [-0.2, 0) is 9.47 Å². The van der Waals surface area contributed by atoms with E-state index in [1.807, 2.05) is 0 Å². The van der Waals surface area contributed by atoms with Gasteiger partial charge in [-0.15, -0.1) is 0 Å². The largest absolute Gasteiger partial charge is 0.465 e. The van der Waals surface area contributed by atoms with Crippen LogP contribution in [0.3, 0.4) is 0 Å². The van der Waals surface area contributed by atoms with E-state index in [1.54, 1.807) is 36.4 Å². The Labute approximate surface area is 131 Å². The molecule has 2 rings (SSSR count). The first kappa shape index (κ1) is 16.0. The number of esters is 2. The van der Waals surface area contributed by atoms with Crippen LogP contribution in [0.2, 0.25) is 0 Å². The minimum absolute atomic E-state index is 0.223. The number of para-hydroxylation sites is 1. The zero-order chi connectivity index (χ0) is 17.0. The van der Waals surface area contributed by atoms with Crippen LogP contribution in [0.4, 0.5) is 0 Å². The van der Waals surface area contributed by atoms with Gasteiger partial charge < -0.3 is 9.47 Å². The number of pyridine rings is 1. The molecule has 1 aromatic heterocycles. The minimum atomic E-state index is -0.959. The highest BCUT2D eigenvalue weighted by Crippen LogP contribution is 2.16. The van der Waals surface area contributed by atoms with Crippen LogP contribution in [0.15, 0.2) is 41.3 Å². The topological polar surface area (TPSA) is 98.4 Å². The van der Waals surface area contributed by atoms with Crippen molar-refractivity contribution in [2.45, 2.75) is 0 Å². The molecule has 0 unspecified atom stereocenters. The monoisotopic (exact) mass is 312 g/mol. The fraction of sp³-hybridized carbons (Fsp3) is 0.125. The summed E-state index contributed by atoms with van der Waals surface area (Å²) in [5, 5.41) is 9.27. The Morgan fingerprint density at radius 2 is 1.70 bits per heavy atom. The number of hydrogen-bond acceptors (Lipinski definition) is 6. The summed E-state index contributed by atoms with van der Waals surface area (Å²) < 4.78 is 10.3. The Morgan fingerprint density at radius 1 is 1.09 bits per heavy atom. The molecule has 1 aromatic carbocycles. The number of aromatic nitrogens is 1. The van der Waals surface area contributed by atoms with Gasteiger partial charge in [0.2, 0.25) is 0 Å². The number of nitriles is 1. The molecular weight excluding hydrogens is 300 g/mol. The Morgan fingerprint density at radius 3 is 2.22 bits per heavy atom. The standard InChI is InChI=1S/C16H12N2O5/c1-22-15(20)12-9-18(10-6-4-3-5-7-10)14(19)11(8-17)13(12)16(21)23-2/h3-7,9H,1-2H3. The van der Waals surface area contributed by atoms with E-state index < -0.39 is 28.6 Å². The molecule has 0 fully saturated rings. The van der Waals surface area contributed by atoms with E-state index in [4.69, 9.17) is 0 Å². The molecule has 1 heterocycles. The number of carbonyl (C=O) groups excluding carboxylic acids is 2. The zero-order valence-electron chi connectivity index (χ0n) is 12.4. The number of hydrogen-bond donors (Lipinski definition) is 0. The van der Waals surface area contributed by atoms with Crippen molar-refractivity contribution in [1.29, 1.82) is 5.26 Å². The van der Waals surface area contributed by atoms with Crippen molar-refractivity contribution in [3.8, 4) is 11.8 Å². The molecule has 0 radical (unpaired) electrons. The van der Waals surface area contributed by atoms with Crippen molar-refractivity contribution in [3.63, 3.8) is 0 Å². The summed E-state index contributed by atoms with van der Waals surface area (Å²) in [7, 11) is 2.22. The molecule has 7 nitrogen and oxygen atoms in total. The van der Waals surface area contributed by atoms with Gasteiger partial charge in [0.25, 0.3) is 5.56 Å². The molecule has 0 saturated carbocycles. The Bertz CT molecular complexity index is 863. The molecule has 0 amide bonds. The van der Waals surface area contributed by atoms with E-state index in [0.29, 0.717) is 5.69 Å². The molecule has 0 bridgehead atoms. The summed E-state index contributed by atoms with van der Waals surface area (Å²) in [4.78, 5) is 36.4. The Balaban J connectivity index is 2.89. The lowest BCUT2D eigenvalue weighted by atomic mass is 10.0. The van der Waals surface area contributed by atoms with E-state index in [9.17, 15) is 19.6 Å². The van der Waals surface area contributed by atoms with Gasteiger partial charge in [0, 0.05) is 11.9 Å². The lowest BCUT2D eigenvalue weighted by Gasteiger charge is -2.12. The molecule has 7 heteroatoms. The van der Waals surface area contributed by atoms with Crippen LogP contribution in [-0.4, -0.2) is 30.7 Å². The van der Waals surface area contributed by atoms with E-state index >= 15 is 0 Å². The predicted octanol–water partition coefficient (Wildman–Crippen LogP) is 1.28. The highest BCUT2D eigenvalue weighted by Gasteiger charge is 2.27. The highest BCUT2D eigenvalue weighted by atomic mass is 16.5. The van der Waals surface area contributed by atoms with Gasteiger partial charge in [-0.25, -0.2) is 9.59 Å². The smallest absolute Gasteiger partial charge is 0.340 e. The van der Waals surface area contributed by atoms with Gasteiger partial charge in [-0.1, -0.05) is 18.2 Å². The molecule has 0 aliphatic carbocycles. The second-order valence-electron chi connectivity index (χ2n) is 4.40. The van der Waals surface area contributed by atoms with Crippen molar-refractivity contribution in [2.75, 3.05) is 14.2 Å². The molecule has 0 aliphatic rings. The lowest BCUT2D eigenvalue weighted by molar-refractivity contribution is 0.0554. The maximum Gasteiger partial charge on any atom is 0.340 e. The van der Waals surface area contributed by atoms with Gasteiger partial charge in [0.1, 0.15) is 11.6 Å². The second-order valence-corrected chi connectivity index (χ2v) is 4.40. The van der Waals surface area contributed by atoms with Crippen LogP contribution in [0, 0.1) is 11.3 Å². The first-order chi connectivity index (χ1) is 11.0. The van der Waals surface area contributed by atoms with Crippen molar-refractivity contribution >= 4 is 11.9 Å². The molecule has 0 aliphatic heterocycles. The maximum absolute atomic E-state index is 12.5. The van der Waals surface area contributed by atoms with E-state index in [-0.39, 0.29) is 5.56 Å². The predicted molar refractivity (Wildman–Crippen MR) is 79.4 cm³/mol. The molecule has 0 spiro atoms. The van der Waals surface area contributed by atoms with Gasteiger partial charge in [-0.3, -0.25) is 9.36 Å². The third-order valence-electron chi connectivity index (χ3n) is 3.15. The number of benzene rings is 1. The first-order valence-electron chi connectivity index (χ1n) is 6.47. The summed E-state index contributed by atoms with van der Waals surface area (Å²) >= 11 is 0. The molecule has 116 valence electrons. The van der Waals surface area contributed by atoms with Crippen molar-refractivity contribution in [3.05, 3.63) is 63.6 Å². The van der Waals surface area contributed by atoms with Crippen molar-refractivity contribution < 1.29 is 19.1 Å². The van der Waals surface area contributed by atoms with Crippen LogP contribution in [0.5, 0.6) is 0 Å². The number of nitrogens with zero attached hydrogens (tertiary/aromatic N) is 2. The molecule has 0 atom stereocenters. The summed E-state index contributed by atoms with van der Waals surface area (Å²) in [6.07, 6.45) is 1.16. The van der Waals surface area contributed by atoms with Crippen molar-refractivity contribution in [2.24, 2.45) is 0 Å². The molecular formula is C16H12N2O5. The SMILES string of the molecule is COC(=O)c1cn(-c2ccccc2)c(=O)c(C#N)c1C(=O)OC. The number of rotatable bonds is 3. The average Bonchev–Trinajstić information content (AvgIpc) is 2.60. The van der Waals surface area contributed by atoms with Gasteiger partial charge in [-0.2, -0.15) is 5.26 Å². The molecule has 0 N–H and O–H groups in total. The van der Waals surface area contributed by atoms with E-state index in [1.165, 1.54) is 0 Å². The number of ether oxygens (including phenoxy) is 2. The van der Waals surface area contributed by atoms with Crippen LogP contribution >= 0.6 is 0 Å². The Kier molecular flexibility index (Phi) is 4.57. The van der Waals surface area contributed by atoms with Crippen LogP contribution in [0.1, 0.15) is 26.3 Å². The van der Waals surface area contributed by atoms with Gasteiger partial charge in [0.05, 0.1) is 25.3 Å². The number of methoxy groups -OCH3 is 2. The zero-order valence-corrected chi connectivity index (χ0v) is 12.4. The molecule has 2 aromatic rings. The first-order valence-corrected chi connectivity index (χ1v) is 6.47. The van der Waals surface area contributed by atoms with Crippen molar-refractivity contribution in [1.82, 2.24) is 4.57 Å². The fourth-order valence-electron chi connectivity index (χ4n) is 2.08. The highest BCUT2D eigenvalue weighted by molar-refractivity contribution is 6.04. The quantitative estimate of drug-likeness (QED) is 0.792. The summed E-state index contributed by atoms with van der Waals surface area (Å²) in [5.41, 5.74) is -1.40. The number of carbonyl (C=O) groups is 2. The maximum atomic E-state index is 12.5. The van der Waals surface area contributed by atoms with Crippen LogP contribution < -0.4 is 5.56 Å². The minimum Gasteiger partial charge on any atom is -0.465 e. The fourth-order valence-corrected chi connectivity index (χ4v) is 2.08. The Hall–Kier alpha value is -3.40.